The van der Waals surface area contributed by atoms with Crippen LogP contribution in [0, 0.1) is 6.92 Å². The third-order valence-electron chi connectivity index (χ3n) is 5.48. The minimum absolute atomic E-state index is 0.522. The van der Waals surface area contributed by atoms with Gasteiger partial charge in [0.05, 0.1) is 16.7 Å². The summed E-state index contributed by atoms with van der Waals surface area (Å²) in [6, 6.07) is 10.5. The molecule has 1 unspecified atom stereocenters. The first-order chi connectivity index (χ1) is 12.1. The molecule has 2 aliphatic rings. The average molecular weight is 354 g/mol. The van der Waals surface area contributed by atoms with Gasteiger partial charge in [0.15, 0.2) is 0 Å². The fourth-order valence-electron chi connectivity index (χ4n) is 4.16. The molecule has 1 aliphatic heterocycles. The van der Waals surface area contributed by atoms with Crippen molar-refractivity contribution >= 4 is 22.6 Å². The molecular formula is C20H20ClN3O. The van der Waals surface area contributed by atoms with Crippen LogP contribution in [0.4, 0.5) is 0 Å². The molecule has 3 heterocycles. The molecular weight excluding hydrogens is 334 g/mol. The largest absolute Gasteiger partial charge is 0.372 e. The van der Waals surface area contributed by atoms with Gasteiger partial charge in [-0.15, -0.1) is 0 Å². The molecule has 1 saturated carbocycles. The van der Waals surface area contributed by atoms with Crippen LogP contribution in [0.2, 0.25) is 5.02 Å². The zero-order valence-electron chi connectivity index (χ0n) is 14.1. The molecule has 0 radical (unpaired) electrons. The van der Waals surface area contributed by atoms with Crippen molar-refractivity contribution in [2.24, 2.45) is 0 Å². The Labute approximate surface area is 151 Å². The summed E-state index contributed by atoms with van der Waals surface area (Å²) in [6.45, 7) is 3.84. The lowest BCUT2D eigenvalue weighted by Gasteiger charge is -2.34. The van der Waals surface area contributed by atoms with Gasteiger partial charge in [-0.2, -0.15) is 0 Å². The van der Waals surface area contributed by atoms with Crippen molar-refractivity contribution in [3.63, 3.8) is 0 Å². The average Bonchev–Trinajstić information content (AvgIpc) is 3.38. The second-order valence-corrected chi connectivity index (χ2v) is 7.52. The summed E-state index contributed by atoms with van der Waals surface area (Å²) in [5.41, 5.74) is 6.26. The second-order valence-electron chi connectivity index (χ2n) is 7.08. The van der Waals surface area contributed by atoms with E-state index >= 15 is 0 Å². The van der Waals surface area contributed by atoms with Crippen LogP contribution >= 0.6 is 11.6 Å². The van der Waals surface area contributed by atoms with Crippen molar-refractivity contribution < 1.29 is 5.11 Å². The number of halogens is 1. The maximum Gasteiger partial charge on any atom is 0.149 e. The van der Waals surface area contributed by atoms with Gasteiger partial charge < -0.3 is 9.67 Å². The summed E-state index contributed by atoms with van der Waals surface area (Å²) in [5.74, 6) is 0. The number of hydrogen-bond donors (Lipinski definition) is 1. The van der Waals surface area contributed by atoms with Gasteiger partial charge >= 0.3 is 0 Å². The number of hydrogen-bond acceptors (Lipinski definition) is 3. The zero-order chi connectivity index (χ0) is 17.1. The Morgan fingerprint density at radius 3 is 2.80 bits per heavy atom. The van der Waals surface area contributed by atoms with Crippen molar-refractivity contribution in [1.82, 2.24) is 14.5 Å². The van der Waals surface area contributed by atoms with E-state index in [1.54, 1.807) is 0 Å². The molecule has 2 aromatic heterocycles. The van der Waals surface area contributed by atoms with E-state index in [2.05, 4.69) is 27.4 Å². The first kappa shape index (κ1) is 15.4. The van der Waals surface area contributed by atoms with Crippen LogP contribution in [0.1, 0.15) is 30.3 Å². The predicted octanol–water partition coefficient (Wildman–Crippen LogP) is 4.13. The Bertz CT molecular complexity index is 976. The van der Waals surface area contributed by atoms with Crippen LogP contribution in [0.5, 0.6) is 0 Å². The summed E-state index contributed by atoms with van der Waals surface area (Å²) in [5, 5.41) is 11.9. The molecule has 1 aliphatic carbocycles. The third kappa shape index (κ3) is 2.32. The van der Waals surface area contributed by atoms with E-state index in [4.69, 9.17) is 11.6 Å². The first-order valence-electron chi connectivity index (χ1n) is 8.82. The Morgan fingerprint density at radius 2 is 2.04 bits per heavy atom. The van der Waals surface area contributed by atoms with Crippen molar-refractivity contribution in [1.29, 1.82) is 0 Å². The highest BCUT2D eigenvalue weighted by molar-refractivity contribution is 6.30. The number of aliphatic hydroxyl groups is 1. The normalized spacial score (nSPS) is 20.8. The number of aliphatic hydroxyl groups excluding tert-OH is 1. The second kappa shape index (κ2) is 5.56. The van der Waals surface area contributed by atoms with Gasteiger partial charge in [0.2, 0.25) is 0 Å². The Kier molecular flexibility index (Phi) is 3.42. The molecule has 1 fully saturated rings. The van der Waals surface area contributed by atoms with E-state index in [0.717, 1.165) is 51.5 Å². The molecule has 1 aromatic carbocycles. The highest BCUT2D eigenvalue weighted by Crippen LogP contribution is 2.44. The standard InChI is InChI=1S/C20H20ClN3O/c1-12-11-13(21)4-7-15(12)17-18-16(3-2-8-22-18)24-10-9-23(14-5-6-14)20(25)19(17)24/h2-4,7-8,11,14,20,25H,5-6,9-10H2,1H3. The highest BCUT2D eigenvalue weighted by atomic mass is 35.5. The summed E-state index contributed by atoms with van der Waals surface area (Å²) < 4.78 is 2.25. The fourth-order valence-corrected chi connectivity index (χ4v) is 4.39. The third-order valence-corrected chi connectivity index (χ3v) is 5.71. The maximum absolute atomic E-state index is 11.2. The molecule has 3 aromatic rings. The molecule has 1 atom stereocenters. The number of pyridine rings is 1. The molecule has 0 amide bonds. The number of aryl methyl sites for hydroxylation is 1. The molecule has 25 heavy (non-hydrogen) atoms. The van der Waals surface area contributed by atoms with Crippen LogP contribution in [0.25, 0.3) is 22.2 Å². The maximum atomic E-state index is 11.2. The minimum atomic E-state index is -0.583. The zero-order valence-corrected chi connectivity index (χ0v) is 14.9. The van der Waals surface area contributed by atoms with E-state index in [1.165, 1.54) is 12.8 Å². The van der Waals surface area contributed by atoms with Crippen LogP contribution in [0.15, 0.2) is 36.5 Å². The minimum Gasteiger partial charge on any atom is -0.372 e. The lowest BCUT2D eigenvalue weighted by molar-refractivity contribution is -0.0255. The SMILES string of the molecule is Cc1cc(Cl)ccc1-c1c2n(c3cccnc13)CCN(C1CC1)C2O. The lowest BCUT2D eigenvalue weighted by Crippen LogP contribution is -2.39. The number of nitrogens with zero attached hydrogens (tertiary/aromatic N) is 3. The molecule has 0 bridgehead atoms. The van der Waals surface area contributed by atoms with E-state index in [0.29, 0.717) is 6.04 Å². The highest BCUT2D eigenvalue weighted by Gasteiger charge is 2.39. The number of aromatic nitrogens is 2. The monoisotopic (exact) mass is 353 g/mol. The molecule has 5 rings (SSSR count). The molecule has 0 spiro atoms. The van der Waals surface area contributed by atoms with Gasteiger partial charge in [0.25, 0.3) is 0 Å². The van der Waals surface area contributed by atoms with Crippen LogP contribution in [-0.4, -0.2) is 32.1 Å². The van der Waals surface area contributed by atoms with Crippen molar-refractivity contribution in [2.75, 3.05) is 6.54 Å². The summed E-state index contributed by atoms with van der Waals surface area (Å²) in [6.07, 6.45) is 3.62. The summed E-state index contributed by atoms with van der Waals surface area (Å²) in [4.78, 5) is 6.90. The topological polar surface area (TPSA) is 41.3 Å². The Morgan fingerprint density at radius 1 is 1.20 bits per heavy atom. The van der Waals surface area contributed by atoms with E-state index in [1.807, 2.05) is 30.5 Å². The van der Waals surface area contributed by atoms with Crippen molar-refractivity contribution in [2.45, 2.75) is 38.6 Å². The van der Waals surface area contributed by atoms with Gasteiger partial charge in [-0.3, -0.25) is 9.88 Å². The summed E-state index contributed by atoms with van der Waals surface area (Å²) in [7, 11) is 0. The molecule has 128 valence electrons. The van der Waals surface area contributed by atoms with E-state index in [-0.39, 0.29) is 0 Å². The van der Waals surface area contributed by atoms with Gasteiger partial charge in [-0.05, 0) is 55.2 Å². The number of rotatable bonds is 2. The quantitative estimate of drug-likeness (QED) is 0.753. The first-order valence-corrected chi connectivity index (χ1v) is 9.20. The van der Waals surface area contributed by atoms with Crippen molar-refractivity contribution in [3.05, 3.63) is 52.8 Å². The molecule has 1 N–H and O–H groups in total. The van der Waals surface area contributed by atoms with Gasteiger partial charge in [-0.1, -0.05) is 17.7 Å². The van der Waals surface area contributed by atoms with Gasteiger partial charge in [0, 0.05) is 35.9 Å². The van der Waals surface area contributed by atoms with Crippen LogP contribution in [0.3, 0.4) is 0 Å². The van der Waals surface area contributed by atoms with Gasteiger partial charge in [0.1, 0.15) is 6.23 Å². The molecule has 5 heteroatoms. The Balaban J connectivity index is 1.80. The predicted molar refractivity (Wildman–Crippen MR) is 99.6 cm³/mol. The number of fused-ring (bicyclic) bond motifs is 3. The summed E-state index contributed by atoms with van der Waals surface area (Å²) >= 11 is 6.16. The van der Waals surface area contributed by atoms with Crippen LogP contribution in [-0.2, 0) is 6.54 Å². The number of benzene rings is 1. The van der Waals surface area contributed by atoms with E-state index < -0.39 is 6.23 Å². The van der Waals surface area contributed by atoms with E-state index in [9.17, 15) is 5.11 Å². The lowest BCUT2D eigenvalue weighted by atomic mass is 9.98. The fraction of sp³-hybridized carbons (Fsp3) is 0.350. The molecule has 0 saturated heterocycles. The van der Waals surface area contributed by atoms with Crippen molar-refractivity contribution in [3.8, 4) is 11.1 Å². The van der Waals surface area contributed by atoms with Crippen LogP contribution < -0.4 is 0 Å². The molecule has 4 nitrogen and oxygen atoms in total. The Hall–Kier alpha value is -1.88. The van der Waals surface area contributed by atoms with Gasteiger partial charge in [-0.25, -0.2) is 0 Å². The smallest absolute Gasteiger partial charge is 0.149 e.